The van der Waals surface area contributed by atoms with Crippen molar-refractivity contribution in [3.8, 4) is 6.07 Å². The maximum absolute atomic E-state index is 12.0. The van der Waals surface area contributed by atoms with Crippen LogP contribution in [-0.2, 0) is 0 Å². The minimum absolute atomic E-state index is 0.0633. The van der Waals surface area contributed by atoms with Gasteiger partial charge in [0.15, 0.2) is 0 Å². The predicted octanol–water partition coefficient (Wildman–Crippen LogP) is 4.85. The van der Waals surface area contributed by atoms with E-state index in [1.54, 1.807) is 18.2 Å². The first kappa shape index (κ1) is 15.8. The fourth-order valence-electron chi connectivity index (χ4n) is 1.65. The number of benzene rings is 1. The van der Waals surface area contributed by atoms with Crippen LogP contribution in [-0.4, -0.2) is 12.2 Å². The first-order valence-corrected chi connectivity index (χ1v) is 6.64. The van der Waals surface area contributed by atoms with Crippen molar-refractivity contribution in [1.82, 2.24) is 0 Å². The van der Waals surface area contributed by atoms with Gasteiger partial charge in [0, 0.05) is 22.6 Å². The second-order valence-corrected chi connectivity index (χ2v) is 5.21. The van der Waals surface area contributed by atoms with Crippen molar-refractivity contribution in [1.29, 1.82) is 5.26 Å². The van der Waals surface area contributed by atoms with Gasteiger partial charge in [0.1, 0.15) is 0 Å². The summed E-state index contributed by atoms with van der Waals surface area (Å²) in [6.07, 6.45) is -4.31. The third-order valence-corrected chi connectivity index (χ3v) is 3.25. The molecule has 1 aromatic carbocycles. The molecule has 0 heterocycles. The van der Waals surface area contributed by atoms with Crippen molar-refractivity contribution in [2.75, 3.05) is 5.32 Å². The lowest BCUT2D eigenvalue weighted by atomic mass is 10.1. The molecule has 1 unspecified atom stereocenters. The van der Waals surface area contributed by atoms with E-state index < -0.39 is 12.6 Å². The van der Waals surface area contributed by atoms with E-state index in [1.807, 2.05) is 13.0 Å². The largest absolute Gasteiger partial charge is 0.389 e. The molecule has 0 saturated carbocycles. The third kappa shape index (κ3) is 5.97. The highest BCUT2D eigenvalue weighted by atomic mass is 79.9. The number of anilines is 1. The summed E-state index contributed by atoms with van der Waals surface area (Å²) in [5.74, 6) is 0. The molecule has 0 saturated heterocycles. The molecule has 0 aromatic heterocycles. The van der Waals surface area contributed by atoms with E-state index in [0.717, 1.165) is 10.2 Å². The summed E-state index contributed by atoms with van der Waals surface area (Å²) in [6.45, 7) is 1.83. The molecule has 0 aliphatic rings. The van der Waals surface area contributed by atoms with Gasteiger partial charge in [-0.3, -0.25) is 0 Å². The molecule has 0 bridgehead atoms. The smallest absolute Gasteiger partial charge is 0.382 e. The van der Waals surface area contributed by atoms with Gasteiger partial charge >= 0.3 is 6.18 Å². The maximum atomic E-state index is 12.0. The first-order valence-electron chi connectivity index (χ1n) is 5.85. The summed E-state index contributed by atoms with van der Waals surface area (Å²) in [4.78, 5) is 0. The van der Waals surface area contributed by atoms with E-state index in [9.17, 15) is 13.2 Å². The molecule has 6 heteroatoms. The van der Waals surface area contributed by atoms with Crippen LogP contribution in [0.25, 0.3) is 0 Å². The lowest BCUT2D eigenvalue weighted by Gasteiger charge is -2.17. The Morgan fingerprint density at radius 2 is 2.11 bits per heavy atom. The van der Waals surface area contributed by atoms with Crippen LogP contribution < -0.4 is 5.32 Å². The Kier molecular flexibility index (Phi) is 5.67. The molecule has 1 N–H and O–H groups in total. The van der Waals surface area contributed by atoms with Crippen molar-refractivity contribution in [3.05, 3.63) is 28.2 Å². The Balaban J connectivity index is 2.49. The summed E-state index contributed by atoms with van der Waals surface area (Å²) in [5.41, 5.74) is 1.31. The summed E-state index contributed by atoms with van der Waals surface area (Å²) in [5, 5.41) is 11.9. The Morgan fingerprint density at radius 3 is 2.63 bits per heavy atom. The molecular formula is C13H14BrF3N2. The Labute approximate surface area is 118 Å². The van der Waals surface area contributed by atoms with Crippen molar-refractivity contribution in [2.45, 2.75) is 38.4 Å². The number of nitrogens with one attached hydrogen (secondary N) is 1. The Bertz CT molecular complexity index is 466. The SMILES string of the molecule is CC(CCCC(F)(F)F)Nc1ccc(C#N)cc1Br. The van der Waals surface area contributed by atoms with Crippen molar-refractivity contribution < 1.29 is 13.2 Å². The van der Waals surface area contributed by atoms with Gasteiger partial charge < -0.3 is 5.32 Å². The minimum Gasteiger partial charge on any atom is -0.382 e. The van der Waals surface area contributed by atoms with E-state index in [0.29, 0.717) is 12.0 Å². The second kappa shape index (κ2) is 6.80. The average molecular weight is 335 g/mol. The van der Waals surface area contributed by atoms with Crippen LogP contribution in [0.1, 0.15) is 31.7 Å². The molecule has 2 nitrogen and oxygen atoms in total. The fraction of sp³-hybridized carbons (Fsp3) is 0.462. The standard InChI is InChI=1S/C13H14BrF3N2/c1-9(3-2-6-13(15,16)17)19-12-5-4-10(8-18)7-11(12)14/h4-5,7,9,19H,2-3,6H2,1H3. The van der Waals surface area contributed by atoms with E-state index in [-0.39, 0.29) is 12.5 Å². The van der Waals surface area contributed by atoms with Crippen molar-refractivity contribution >= 4 is 21.6 Å². The molecule has 0 radical (unpaired) electrons. The van der Waals surface area contributed by atoms with Gasteiger partial charge in [0.25, 0.3) is 0 Å². The Morgan fingerprint density at radius 1 is 1.42 bits per heavy atom. The molecule has 1 atom stereocenters. The van der Waals surface area contributed by atoms with Gasteiger partial charge in [-0.15, -0.1) is 0 Å². The Hall–Kier alpha value is -1.22. The molecule has 1 aromatic rings. The summed E-state index contributed by atoms with van der Waals surface area (Å²) in [6, 6.07) is 7.03. The quantitative estimate of drug-likeness (QED) is 0.835. The van der Waals surface area contributed by atoms with Gasteiger partial charge in [-0.05, 0) is 53.9 Å². The molecule has 19 heavy (non-hydrogen) atoms. The van der Waals surface area contributed by atoms with Gasteiger partial charge in [-0.2, -0.15) is 18.4 Å². The number of hydrogen-bond donors (Lipinski definition) is 1. The number of halogens is 4. The topological polar surface area (TPSA) is 35.8 Å². The molecule has 0 fully saturated rings. The van der Waals surface area contributed by atoms with Gasteiger partial charge in [-0.25, -0.2) is 0 Å². The number of rotatable bonds is 5. The first-order chi connectivity index (χ1) is 8.81. The molecule has 0 aliphatic carbocycles. The monoisotopic (exact) mass is 334 g/mol. The van der Waals surface area contributed by atoms with E-state index in [4.69, 9.17) is 5.26 Å². The molecule has 104 valence electrons. The predicted molar refractivity (Wildman–Crippen MR) is 71.8 cm³/mol. The average Bonchev–Trinajstić information content (AvgIpc) is 2.30. The lowest BCUT2D eigenvalue weighted by Crippen LogP contribution is -2.17. The van der Waals surface area contributed by atoms with Crippen LogP contribution in [0.4, 0.5) is 18.9 Å². The van der Waals surface area contributed by atoms with Crippen LogP contribution in [0.5, 0.6) is 0 Å². The van der Waals surface area contributed by atoms with Crippen molar-refractivity contribution in [2.24, 2.45) is 0 Å². The van der Waals surface area contributed by atoms with Crippen LogP contribution >= 0.6 is 15.9 Å². The number of alkyl halides is 3. The summed E-state index contributed by atoms with van der Waals surface area (Å²) < 4.78 is 36.8. The number of nitriles is 1. The third-order valence-electron chi connectivity index (χ3n) is 2.60. The minimum atomic E-state index is -4.09. The number of hydrogen-bond acceptors (Lipinski definition) is 2. The van der Waals surface area contributed by atoms with Crippen LogP contribution in [0.15, 0.2) is 22.7 Å². The van der Waals surface area contributed by atoms with E-state index >= 15 is 0 Å². The highest BCUT2D eigenvalue weighted by Gasteiger charge is 2.26. The van der Waals surface area contributed by atoms with Gasteiger partial charge in [0.05, 0.1) is 11.6 Å². The molecule has 0 aliphatic heterocycles. The summed E-state index contributed by atoms with van der Waals surface area (Å²) >= 11 is 3.32. The van der Waals surface area contributed by atoms with Gasteiger partial charge in [-0.1, -0.05) is 0 Å². The highest BCUT2D eigenvalue weighted by Crippen LogP contribution is 2.26. The fourth-order valence-corrected chi connectivity index (χ4v) is 2.14. The molecule has 1 rings (SSSR count). The molecular weight excluding hydrogens is 321 g/mol. The maximum Gasteiger partial charge on any atom is 0.389 e. The van der Waals surface area contributed by atoms with Crippen LogP contribution in [0.3, 0.4) is 0 Å². The second-order valence-electron chi connectivity index (χ2n) is 4.36. The van der Waals surface area contributed by atoms with Crippen molar-refractivity contribution in [3.63, 3.8) is 0 Å². The normalized spacial score (nSPS) is 12.8. The molecule has 0 amide bonds. The lowest BCUT2D eigenvalue weighted by molar-refractivity contribution is -0.135. The van der Waals surface area contributed by atoms with E-state index in [1.165, 1.54) is 0 Å². The van der Waals surface area contributed by atoms with Crippen LogP contribution in [0.2, 0.25) is 0 Å². The number of nitrogens with zero attached hydrogens (tertiary/aromatic N) is 1. The zero-order valence-corrected chi connectivity index (χ0v) is 12.0. The highest BCUT2D eigenvalue weighted by molar-refractivity contribution is 9.10. The van der Waals surface area contributed by atoms with Gasteiger partial charge in [0.2, 0.25) is 0 Å². The van der Waals surface area contributed by atoms with Crippen LogP contribution in [0, 0.1) is 11.3 Å². The zero-order valence-electron chi connectivity index (χ0n) is 10.4. The zero-order chi connectivity index (χ0) is 14.5. The summed E-state index contributed by atoms with van der Waals surface area (Å²) in [7, 11) is 0. The van der Waals surface area contributed by atoms with E-state index in [2.05, 4.69) is 21.2 Å². The molecule has 0 spiro atoms.